The number of anilines is 1. The quantitative estimate of drug-likeness (QED) is 0.540. The predicted octanol–water partition coefficient (Wildman–Crippen LogP) is 1.93. The number of ketones is 1. The van der Waals surface area contributed by atoms with E-state index >= 15 is 0 Å². The number of aromatic nitrogens is 1. The molecule has 3 rings (SSSR count). The van der Waals surface area contributed by atoms with Crippen molar-refractivity contribution in [2.24, 2.45) is 0 Å². The van der Waals surface area contributed by atoms with Gasteiger partial charge in [-0.25, -0.2) is 4.79 Å². The van der Waals surface area contributed by atoms with E-state index in [0.29, 0.717) is 27.9 Å². The van der Waals surface area contributed by atoms with Crippen molar-refractivity contribution in [3.8, 4) is 0 Å². The average molecular weight is 254 g/mol. The van der Waals surface area contributed by atoms with Gasteiger partial charge in [-0.2, -0.15) is 0 Å². The van der Waals surface area contributed by atoms with Crippen LogP contribution >= 0.6 is 0 Å². The van der Waals surface area contributed by atoms with Gasteiger partial charge in [-0.3, -0.25) is 9.78 Å². The maximum atomic E-state index is 12.3. The van der Waals surface area contributed by atoms with Crippen molar-refractivity contribution in [2.75, 3.05) is 5.73 Å². The van der Waals surface area contributed by atoms with Crippen LogP contribution in [0.5, 0.6) is 0 Å². The number of para-hydroxylation sites is 1. The summed E-state index contributed by atoms with van der Waals surface area (Å²) in [6.45, 7) is 0. The van der Waals surface area contributed by atoms with Crippen molar-refractivity contribution in [1.29, 1.82) is 0 Å². The Morgan fingerprint density at radius 1 is 1.16 bits per heavy atom. The monoisotopic (exact) mass is 254 g/mol. The Labute approximate surface area is 107 Å². The predicted molar refractivity (Wildman–Crippen MR) is 71.1 cm³/mol. The number of hydrogen-bond acceptors (Lipinski definition) is 4. The van der Waals surface area contributed by atoms with Gasteiger partial charge in [0.2, 0.25) is 0 Å². The third kappa shape index (κ3) is 1.91. The van der Waals surface area contributed by atoms with Gasteiger partial charge in [0.25, 0.3) is 0 Å². The number of oxazole rings is 1. The van der Waals surface area contributed by atoms with Crippen LogP contribution in [0, 0.1) is 0 Å². The lowest BCUT2D eigenvalue weighted by molar-refractivity contribution is 0.103. The molecule has 0 atom stereocenters. The maximum absolute atomic E-state index is 12.3. The molecule has 0 fully saturated rings. The lowest BCUT2D eigenvalue weighted by Crippen LogP contribution is -2.04. The first-order valence-electron chi connectivity index (χ1n) is 5.67. The number of rotatable bonds is 2. The van der Waals surface area contributed by atoms with Crippen molar-refractivity contribution < 1.29 is 9.21 Å². The van der Waals surface area contributed by atoms with Crippen LogP contribution in [0.2, 0.25) is 0 Å². The summed E-state index contributed by atoms with van der Waals surface area (Å²) in [5.74, 6) is -0.748. The van der Waals surface area contributed by atoms with E-state index in [1.165, 1.54) is 6.07 Å². The van der Waals surface area contributed by atoms with Crippen LogP contribution in [0.15, 0.2) is 51.7 Å². The van der Waals surface area contributed by atoms with Crippen molar-refractivity contribution >= 4 is 22.6 Å². The Kier molecular flexibility index (Phi) is 2.45. The molecule has 0 aliphatic heterocycles. The molecule has 0 aliphatic carbocycles. The van der Waals surface area contributed by atoms with Crippen molar-refractivity contribution in [1.82, 2.24) is 4.98 Å². The van der Waals surface area contributed by atoms with Crippen LogP contribution < -0.4 is 11.5 Å². The molecule has 94 valence electrons. The second-order valence-corrected chi connectivity index (χ2v) is 4.14. The molecule has 0 radical (unpaired) electrons. The number of aromatic amines is 1. The Hall–Kier alpha value is -2.82. The molecule has 0 saturated carbocycles. The van der Waals surface area contributed by atoms with Crippen molar-refractivity contribution in [2.45, 2.75) is 0 Å². The van der Waals surface area contributed by atoms with E-state index in [2.05, 4.69) is 4.98 Å². The summed E-state index contributed by atoms with van der Waals surface area (Å²) in [6.07, 6.45) is 0. The van der Waals surface area contributed by atoms with Crippen LogP contribution in [0.1, 0.15) is 15.9 Å². The molecule has 2 aromatic carbocycles. The van der Waals surface area contributed by atoms with Crippen molar-refractivity contribution in [3.63, 3.8) is 0 Å². The molecule has 3 aromatic rings. The second-order valence-electron chi connectivity index (χ2n) is 4.14. The van der Waals surface area contributed by atoms with Gasteiger partial charge in [0.05, 0.1) is 5.52 Å². The molecule has 0 aliphatic rings. The molecule has 1 aromatic heterocycles. The highest BCUT2D eigenvalue weighted by Gasteiger charge is 2.13. The molecule has 0 saturated heterocycles. The van der Waals surface area contributed by atoms with E-state index < -0.39 is 5.76 Å². The van der Waals surface area contributed by atoms with E-state index in [1.807, 2.05) is 0 Å². The van der Waals surface area contributed by atoms with E-state index in [-0.39, 0.29) is 5.78 Å². The minimum Gasteiger partial charge on any atom is -0.408 e. The van der Waals surface area contributed by atoms with Gasteiger partial charge >= 0.3 is 5.76 Å². The third-order valence-corrected chi connectivity index (χ3v) is 2.89. The molecule has 5 nitrogen and oxygen atoms in total. The van der Waals surface area contributed by atoms with E-state index in [1.54, 1.807) is 36.4 Å². The first-order chi connectivity index (χ1) is 9.15. The molecular weight excluding hydrogens is 244 g/mol. The van der Waals surface area contributed by atoms with Gasteiger partial charge in [0.15, 0.2) is 11.4 Å². The summed E-state index contributed by atoms with van der Waals surface area (Å²) in [4.78, 5) is 25.9. The van der Waals surface area contributed by atoms with Crippen LogP contribution in [0.4, 0.5) is 5.69 Å². The van der Waals surface area contributed by atoms with Gasteiger partial charge in [0, 0.05) is 16.8 Å². The van der Waals surface area contributed by atoms with Crippen molar-refractivity contribution in [3.05, 3.63) is 64.1 Å². The van der Waals surface area contributed by atoms with Gasteiger partial charge in [-0.15, -0.1) is 0 Å². The Bertz CT molecular complexity index is 830. The summed E-state index contributed by atoms with van der Waals surface area (Å²) >= 11 is 0. The molecule has 5 heteroatoms. The number of carbonyl (C=O) groups is 1. The standard InChI is InChI=1S/C14H10N2O3/c15-10-4-2-1-3-9(10)13(17)8-5-6-11-12(7-8)19-14(18)16-11/h1-7H,15H2,(H,16,18). The van der Waals surface area contributed by atoms with Gasteiger partial charge in [-0.05, 0) is 30.3 Å². The fourth-order valence-corrected chi connectivity index (χ4v) is 1.95. The minimum absolute atomic E-state index is 0.205. The highest BCUT2D eigenvalue weighted by Crippen LogP contribution is 2.19. The Balaban J connectivity index is 2.11. The lowest BCUT2D eigenvalue weighted by atomic mass is 10.0. The summed E-state index contributed by atoms with van der Waals surface area (Å²) in [7, 11) is 0. The number of fused-ring (bicyclic) bond motifs is 1. The zero-order chi connectivity index (χ0) is 13.4. The Morgan fingerprint density at radius 3 is 2.74 bits per heavy atom. The van der Waals surface area contributed by atoms with Crippen LogP contribution in [-0.2, 0) is 0 Å². The number of carbonyl (C=O) groups excluding carboxylic acids is 1. The van der Waals surface area contributed by atoms with Crippen LogP contribution in [0.25, 0.3) is 11.1 Å². The third-order valence-electron chi connectivity index (χ3n) is 2.89. The van der Waals surface area contributed by atoms with Gasteiger partial charge < -0.3 is 10.2 Å². The highest BCUT2D eigenvalue weighted by molar-refractivity contribution is 6.13. The zero-order valence-electron chi connectivity index (χ0n) is 9.84. The molecule has 0 amide bonds. The fourth-order valence-electron chi connectivity index (χ4n) is 1.95. The number of nitrogen functional groups attached to an aromatic ring is 1. The largest absolute Gasteiger partial charge is 0.417 e. The topological polar surface area (TPSA) is 89.1 Å². The Morgan fingerprint density at radius 2 is 1.95 bits per heavy atom. The molecule has 3 N–H and O–H groups in total. The van der Waals surface area contributed by atoms with Gasteiger partial charge in [0.1, 0.15) is 0 Å². The minimum atomic E-state index is -0.543. The SMILES string of the molecule is Nc1ccccc1C(=O)c1ccc2[nH]c(=O)oc2c1. The first-order valence-corrected chi connectivity index (χ1v) is 5.67. The molecule has 0 bridgehead atoms. The number of nitrogens with one attached hydrogen (secondary N) is 1. The summed E-state index contributed by atoms with van der Waals surface area (Å²) in [5, 5.41) is 0. The second kappa shape index (κ2) is 4.13. The summed E-state index contributed by atoms with van der Waals surface area (Å²) in [5.41, 5.74) is 7.96. The number of benzene rings is 2. The molecule has 0 unspecified atom stereocenters. The van der Waals surface area contributed by atoms with Crippen LogP contribution in [-0.4, -0.2) is 10.8 Å². The zero-order valence-corrected chi connectivity index (χ0v) is 9.84. The summed E-state index contributed by atoms with van der Waals surface area (Å²) in [6, 6.07) is 11.6. The normalized spacial score (nSPS) is 10.7. The highest BCUT2D eigenvalue weighted by atomic mass is 16.4. The number of H-pyrrole nitrogens is 1. The smallest absolute Gasteiger partial charge is 0.408 e. The molecular formula is C14H10N2O3. The van der Waals surface area contributed by atoms with Gasteiger partial charge in [-0.1, -0.05) is 12.1 Å². The van der Waals surface area contributed by atoms with E-state index in [4.69, 9.17) is 10.2 Å². The maximum Gasteiger partial charge on any atom is 0.417 e. The molecule has 1 heterocycles. The van der Waals surface area contributed by atoms with Crippen LogP contribution in [0.3, 0.4) is 0 Å². The molecule has 0 spiro atoms. The number of hydrogen-bond donors (Lipinski definition) is 2. The average Bonchev–Trinajstić information content (AvgIpc) is 2.77. The summed E-state index contributed by atoms with van der Waals surface area (Å²) < 4.78 is 4.93. The number of nitrogens with two attached hydrogens (primary N) is 1. The molecule has 19 heavy (non-hydrogen) atoms. The fraction of sp³-hybridized carbons (Fsp3) is 0. The first kappa shape index (κ1) is 11.3. The van der Waals surface area contributed by atoms with E-state index in [9.17, 15) is 9.59 Å². The lowest BCUT2D eigenvalue weighted by Gasteiger charge is -2.04. The van der Waals surface area contributed by atoms with E-state index in [0.717, 1.165) is 0 Å².